The summed E-state index contributed by atoms with van der Waals surface area (Å²) < 4.78 is 30.7. The number of nitrogens with zero attached hydrogens (tertiary/aromatic N) is 8. The van der Waals surface area contributed by atoms with Gasteiger partial charge in [-0.05, 0) is 54.6 Å². The first-order chi connectivity index (χ1) is 20.9. The van der Waals surface area contributed by atoms with Gasteiger partial charge in [0.25, 0.3) is 11.8 Å². The van der Waals surface area contributed by atoms with Crippen LogP contribution in [0.2, 0.25) is 0 Å². The number of carbonyl (C=O) groups excluding carboxylic acids is 2. The summed E-state index contributed by atoms with van der Waals surface area (Å²) in [4.78, 5) is 39.5. The minimum atomic E-state index is -0.767. The van der Waals surface area contributed by atoms with Gasteiger partial charge in [0, 0.05) is 47.9 Å². The lowest BCUT2D eigenvalue weighted by Gasteiger charge is -2.28. The van der Waals surface area contributed by atoms with E-state index in [2.05, 4.69) is 20.3 Å². The van der Waals surface area contributed by atoms with E-state index in [1.807, 2.05) is 4.68 Å². The maximum Gasteiger partial charge on any atom is 0.257 e. The summed E-state index contributed by atoms with van der Waals surface area (Å²) in [6.07, 6.45) is 5.91. The lowest BCUT2D eigenvalue weighted by Crippen LogP contribution is -2.38. The lowest BCUT2D eigenvalue weighted by atomic mass is 10.0. The summed E-state index contributed by atoms with van der Waals surface area (Å²) >= 11 is 0. The number of carbonyl (C=O) groups is 2. The van der Waals surface area contributed by atoms with Crippen molar-refractivity contribution < 1.29 is 18.4 Å². The van der Waals surface area contributed by atoms with Crippen molar-refractivity contribution >= 4 is 23.3 Å². The van der Waals surface area contributed by atoms with Crippen molar-refractivity contribution in [1.82, 2.24) is 39.2 Å². The molecular weight excluding hydrogens is 556 g/mol. The van der Waals surface area contributed by atoms with Crippen molar-refractivity contribution in [1.29, 1.82) is 0 Å². The van der Waals surface area contributed by atoms with E-state index >= 15 is 0 Å². The number of benzene rings is 1. The Hall–Kier alpha value is -5.85. The molecule has 13 heteroatoms. The molecule has 43 heavy (non-hydrogen) atoms. The second-order valence-electron chi connectivity index (χ2n) is 9.83. The molecule has 6 aromatic rings. The van der Waals surface area contributed by atoms with Crippen molar-refractivity contribution in [3.05, 3.63) is 114 Å². The number of hydrogen-bond acceptors (Lipinski definition) is 7. The number of fused-ring (bicyclic) bond motifs is 2. The van der Waals surface area contributed by atoms with Crippen LogP contribution in [0, 0.1) is 11.8 Å². The van der Waals surface area contributed by atoms with Crippen LogP contribution in [-0.2, 0) is 13.1 Å². The molecule has 0 spiro atoms. The maximum atomic E-state index is 13.8. The molecule has 0 aliphatic carbocycles. The zero-order chi connectivity index (χ0) is 29.5. The van der Waals surface area contributed by atoms with Crippen molar-refractivity contribution in [2.75, 3.05) is 11.9 Å². The second kappa shape index (κ2) is 10.5. The summed E-state index contributed by atoms with van der Waals surface area (Å²) in [5.74, 6) is -1.59. The van der Waals surface area contributed by atoms with Gasteiger partial charge in [-0.2, -0.15) is 14.6 Å². The molecule has 0 saturated heterocycles. The number of imidazole rings is 1. The van der Waals surface area contributed by atoms with Crippen LogP contribution in [0.3, 0.4) is 0 Å². The van der Waals surface area contributed by atoms with E-state index < -0.39 is 11.9 Å². The number of aromatic nitrogens is 7. The summed E-state index contributed by atoms with van der Waals surface area (Å²) in [6, 6.07) is 15.3. The molecule has 1 aliphatic heterocycles. The van der Waals surface area contributed by atoms with E-state index in [0.29, 0.717) is 46.8 Å². The standard InChI is InChI=1S/C30H21F2N9O2/c31-21-3-1-18(2-4-21)28-27(23-16-39(13-14-40(23)38-28)30(43)19-7-10-33-11-8-19)22-5-6-26-35-25(17-41(26)37-22)36-29(42)20-9-12-34-24(32)15-20/h1-12,15,17H,13-14,16H2,(H,36,42). The largest absolute Gasteiger partial charge is 0.331 e. The van der Waals surface area contributed by atoms with Gasteiger partial charge in [-0.1, -0.05) is 0 Å². The molecule has 2 amide bonds. The number of pyridine rings is 2. The predicted octanol–water partition coefficient (Wildman–Crippen LogP) is 4.24. The van der Waals surface area contributed by atoms with E-state index in [4.69, 9.17) is 10.2 Å². The molecule has 7 rings (SSSR count). The first-order valence-corrected chi connectivity index (χ1v) is 13.3. The molecule has 0 fully saturated rings. The molecule has 5 aromatic heterocycles. The van der Waals surface area contributed by atoms with Crippen LogP contribution in [0.5, 0.6) is 0 Å². The summed E-state index contributed by atoms with van der Waals surface area (Å²) in [5, 5.41) is 12.3. The molecule has 1 N–H and O–H groups in total. The van der Waals surface area contributed by atoms with Gasteiger partial charge < -0.3 is 10.2 Å². The lowest BCUT2D eigenvalue weighted by molar-refractivity contribution is 0.0706. The Bertz CT molecular complexity index is 2010. The average molecular weight is 578 g/mol. The van der Waals surface area contributed by atoms with Crippen molar-refractivity contribution in [3.63, 3.8) is 0 Å². The molecule has 6 heterocycles. The van der Waals surface area contributed by atoms with Crippen LogP contribution in [-0.4, -0.2) is 57.6 Å². The van der Waals surface area contributed by atoms with Gasteiger partial charge in [0.15, 0.2) is 11.5 Å². The SMILES string of the molecule is O=C(Nc1cn2nc(-c3c(-c4ccc(F)cc4)nn4c3CN(C(=O)c3ccncc3)CC4)ccc2n1)c1ccnc(F)c1. The monoisotopic (exact) mass is 577 g/mol. The van der Waals surface area contributed by atoms with Gasteiger partial charge in [-0.3, -0.25) is 19.3 Å². The van der Waals surface area contributed by atoms with Gasteiger partial charge >= 0.3 is 0 Å². The number of hydrogen-bond donors (Lipinski definition) is 1. The van der Waals surface area contributed by atoms with Gasteiger partial charge in [0.2, 0.25) is 5.95 Å². The first kappa shape index (κ1) is 26.1. The Morgan fingerprint density at radius 3 is 2.44 bits per heavy atom. The highest BCUT2D eigenvalue weighted by atomic mass is 19.1. The van der Waals surface area contributed by atoms with Gasteiger partial charge in [0.05, 0.1) is 36.2 Å². The molecule has 212 valence electrons. The third kappa shape index (κ3) is 4.96. The normalized spacial score (nSPS) is 12.7. The zero-order valence-corrected chi connectivity index (χ0v) is 22.4. The van der Waals surface area contributed by atoms with Crippen LogP contribution >= 0.6 is 0 Å². The molecule has 11 nitrogen and oxygen atoms in total. The highest BCUT2D eigenvalue weighted by Gasteiger charge is 2.29. The predicted molar refractivity (Wildman–Crippen MR) is 151 cm³/mol. The van der Waals surface area contributed by atoms with E-state index in [9.17, 15) is 18.4 Å². The smallest absolute Gasteiger partial charge is 0.257 e. The second-order valence-corrected chi connectivity index (χ2v) is 9.83. The molecule has 0 bridgehead atoms. The molecule has 0 unspecified atom stereocenters. The van der Waals surface area contributed by atoms with Crippen LogP contribution in [0.4, 0.5) is 14.6 Å². The molecule has 0 radical (unpaired) electrons. The number of amides is 2. The van der Waals surface area contributed by atoms with Gasteiger partial charge in [-0.25, -0.2) is 18.9 Å². The molecule has 0 atom stereocenters. The van der Waals surface area contributed by atoms with Crippen LogP contribution in [0.15, 0.2) is 85.5 Å². The minimum absolute atomic E-state index is 0.0968. The fourth-order valence-electron chi connectivity index (χ4n) is 5.05. The Labute approximate surface area is 242 Å². The summed E-state index contributed by atoms with van der Waals surface area (Å²) in [5.41, 5.74) is 4.37. The Morgan fingerprint density at radius 1 is 0.860 bits per heavy atom. The number of halogens is 2. The van der Waals surface area contributed by atoms with Crippen molar-refractivity contribution in [2.24, 2.45) is 0 Å². The maximum absolute atomic E-state index is 13.8. The van der Waals surface area contributed by atoms with Crippen molar-refractivity contribution in [3.8, 4) is 22.5 Å². The Balaban J connectivity index is 1.27. The highest BCUT2D eigenvalue weighted by Crippen LogP contribution is 2.36. The summed E-state index contributed by atoms with van der Waals surface area (Å²) in [6.45, 7) is 1.19. The van der Waals surface area contributed by atoms with Gasteiger partial charge in [-0.15, -0.1) is 0 Å². The van der Waals surface area contributed by atoms with Crippen LogP contribution in [0.25, 0.3) is 28.2 Å². The van der Waals surface area contributed by atoms with E-state index in [1.165, 1.54) is 28.9 Å². The van der Waals surface area contributed by atoms with Crippen LogP contribution in [0.1, 0.15) is 26.4 Å². The van der Waals surface area contributed by atoms with E-state index in [1.54, 1.807) is 59.9 Å². The molecule has 1 aromatic carbocycles. The minimum Gasteiger partial charge on any atom is -0.331 e. The van der Waals surface area contributed by atoms with Crippen molar-refractivity contribution in [2.45, 2.75) is 13.1 Å². The molecule has 0 saturated carbocycles. The average Bonchev–Trinajstić information content (AvgIpc) is 3.61. The topological polar surface area (TPSA) is 123 Å². The fourth-order valence-corrected chi connectivity index (χ4v) is 5.05. The Morgan fingerprint density at radius 2 is 1.65 bits per heavy atom. The third-order valence-corrected chi connectivity index (χ3v) is 7.12. The van der Waals surface area contributed by atoms with Gasteiger partial charge in [0.1, 0.15) is 11.5 Å². The quantitative estimate of drug-likeness (QED) is 0.304. The fraction of sp³-hybridized carbons (Fsp3) is 0.100. The molecular formula is C30H21F2N9O2. The number of nitrogens with one attached hydrogen (secondary N) is 1. The number of anilines is 1. The first-order valence-electron chi connectivity index (χ1n) is 13.3. The van der Waals surface area contributed by atoms with E-state index in [0.717, 1.165) is 11.8 Å². The third-order valence-electron chi connectivity index (χ3n) is 7.12. The van der Waals surface area contributed by atoms with E-state index in [-0.39, 0.29) is 29.7 Å². The van der Waals surface area contributed by atoms with Crippen LogP contribution < -0.4 is 5.32 Å². The number of rotatable bonds is 5. The Kier molecular flexibility index (Phi) is 6.38. The summed E-state index contributed by atoms with van der Waals surface area (Å²) in [7, 11) is 0. The molecule has 1 aliphatic rings. The zero-order valence-electron chi connectivity index (χ0n) is 22.4. The highest BCUT2D eigenvalue weighted by molar-refractivity contribution is 6.03.